The molecule has 0 aromatic heterocycles. The molecule has 4 nitrogen and oxygen atoms in total. The number of amides is 1. The van der Waals surface area contributed by atoms with Crippen molar-refractivity contribution in [2.45, 2.75) is 38.6 Å². The van der Waals surface area contributed by atoms with Gasteiger partial charge in [-0.1, -0.05) is 37.3 Å². The van der Waals surface area contributed by atoms with E-state index in [-0.39, 0.29) is 11.8 Å². The zero-order valence-electron chi connectivity index (χ0n) is 10.9. The van der Waals surface area contributed by atoms with Gasteiger partial charge in [-0.2, -0.15) is 0 Å². The Morgan fingerprint density at radius 2 is 1.89 bits per heavy atom. The number of hydrogen-bond acceptors (Lipinski definition) is 2. The average molecular weight is 249 g/mol. The summed E-state index contributed by atoms with van der Waals surface area (Å²) in [4.78, 5) is 23.2. The Morgan fingerprint density at radius 1 is 1.33 bits per heavy atom. The molecule has 98 valence electrons. The molecule has 0 aliphatic rings. The molecule has 2 unspecified atom stereocenters. The lowest BCUT2D eigenvalue weighted by atomic mass is 9.95. The molecule has 0 aliphatic heterocycles. The standard InChI is InChI=1S/C14H19NO3/c1-4-14(3,13(17)18)15-12(16)10(2)11-8-6-5-7-9-11/h5-10H,4H2,1-3H3,(H,15,16)(H,17,18). The molecule has 2 N–H and O–H groups in total. The minimum Gasteiger partial charge on any atom is -0.480 e. The first kappa shape index (κ1) is 14.2. The number of carbonyl (C=O) groups excluding carboxylic acids is 1. The van der Waals surface area contributed by atoms with Crippen LogP contribution in [0, 0.1) is 0 Å². The van der Waals surface area contributed by atoms with Gasteiger partial charge in [0.2, 0.25) is 5.91 Å². The Kier molecular flexibility index (Phi) is 4.48. The Hall–Kier alpha value is -1.84. The maximum Gasteiger partial charge on any atom is 0.329 e. The largest absolute Gasteiger partial charge is 0.480 e. The van der Waals surface area contributed by atoms with Crippen LogP contribution in [-0.4, -0.2) is 22.5 Å². The molecular formula is C14H19NO3. The van der Waals surface area contributed by atoms with E-state index in [2.05, 4.69) is 5.32 Å². The molecule has 1 amide bonds. The Balaban J connectivity index is 2.80. The SMILES string of the molecule is CCC(C)(NC(=O)C(C)c1ccccc1)C(=O)O. The molecule has 0 fully saturated rings. The van der Waals surface area contributed by atoms with E-state index >= 15 is 0 Å². The second-order valence-corrected chi connectivity index (χ2v) is 4.61. The van der Waals surface area contributed by atoms with E-state index in [1.807, 2.05) is 30.3 Å². The summed E-state index contributed by atoms with van der Waals surface area (Å²) < 4.78 is 0. The summed E-state index contributed by atoms with van der Waals surface area (Å²) in [6, 6.07) is 9.30. The number of benzene rings is 1. The number of carbonyl (C=O) groups is 2. The van der Waals surface area contributed by atoms with E-state index < -0.39 is 11.5 Å². The maximum atomic E-state index is 12.0. The lowest BCUT2D eigenvalue weighted by Gasteiger charge is -2.26. The molecule has 0 bridgehead atoms. The second kappa shape index (κ2) is 5.67. The van der Waals surface area contributed by atoms with Gasteiger partial charge in [0, 0.05) is 0 Å². The Labute approximate surface area is 107 Å². The van der Waals surface area contributed by atoms with Crippen LogP contribution in [0.1, 0.15) is 38.7 Å². The third-order valence-electron chi connectivity index (χ3n) is 3.27. The van der Waals surface area contributed by atoms with E-state index in [1.54, 1.807) is 13.8 Å². The van der Waals surface area contributed by atoms with Crippen molar-refractivity contribution in [1.82, 2.24) is 5.32 Å². The summed E-state index contributed by atoms with van der Waals surface area (Å²) in [5, 5.41) is 11.7. The van der Waals surface area contributed by atoms with E-state index in [0.29, 0.717) is 6.42 Å². The third kappa shape index (κ3) is 3.09. The molecule has 0 heterocycles. The molecule has 4 heteroatoms. The number of carboxylic acid groups (broad SMARTS) is 1. The number of rotatable bonds is 5. The molecule has 1 aromatic carbocycles. The first-order chi connectivity index (χ1) is 8.40. The number of carboxylic acids is 1. The van der Waals surface area contributed by atoms with Crippen molar-refractivity contribution >= 4 is 11.9 Å². The van der Waals surface area contributed by atoms with E-state index in [4.69, 9.17) is 5.11 Å². The summed E-state index contributed by atoms with van der Waals surface area (Å²) in [6.07, 6.45) is 0.343. The predicted molar refractivity (Wildman–Crippen MR) is 69.3 cm³/mol. The van der Waals surface area contributed by atoms with Gasteiger partial charge in [0.1, 0.15) is 5.54 Å². The van der Waals surface area contributed by atoms with Crippen LogP contribution in [-0.2, 0) is 9.59 Å². The van der Waals surface area contributed by atoms with Crippen LogP contribution in [0.3, 0.4) is 0 Å². The monoisotopic (exact) mass is 249 g/mol. The quantitative estimate of drug-likeness (QED) is 0.840. The van der Waals surface area contributed by atoms with Gasteiger partial charge in [-0.15, -0.1) is 0 Å². The van der Waals surface area contributed by atoms with Gasteiger partial charge < -0.3 is 10.4 Å². The normalized spacial score (nSPS) is 15.5. The highest BCUT2D eigenvalue weighted by Crippen LogP contribution is 2.17. The minimum atomic E-state index is -1.21. The topological polar surface area (TPSA) is 66.4 Å². The van der Waals surface area contributed by atoms with Crippen molar-refractivity contribution in [3.05, 3.63) is 35.9 Å². The van der Waals surface area contributed by atoms with Crippen molar-refractivity contribution in [3.63, 3.8) is 0 Å². The number of hydrogen-bond donors (Lipinski definition) is 2. The van der Waals surface area contributed by atoms with Crippen LogP contribution >= 0.6 is 0 Å². The fourth-order valence-corrected chi connectivity index (χ4v) is 1.57. The van der Waals surface area contributed by atoms with Gasteiger partial charge in [0.25, 0.3) is 0 Å². The number of aliphatic carboxylic acids is 1. The summed E-state index contributed by atoms with van der Waals surface area (Å²) >= 11 is 0. The molecule has 1 rings (SSSR count). The molecule has 0 spiro atoms. The summed E-state index contributed by atoms with van der Waals surface area (Å²) in [5.41, 5.74) is -0.334. The van der Waals surface area contributed by atoms with Crippen molar-refractivity contribution in [2.24, 2.45) is 0 Å². The van der Waals surface area contributed by atoms with Crippen LogP contribution in [0.15, 0.2) is 30.3 Å². The molecule has 2 atom stereocenters. The molecule has 0 saturated heterocycles. The van der Waals surface area contributed by atoms with E-state index in [0.717, 1.165) is 5.56 Å². The summed E-state index contributed by atoms with van der Waals surface area (Å²) in [6.45, 7) is 5.02. The second-order valence-electron chi connectivity index (χ2n) is 4.61. The van der Waals surface area contributed by atoms with Crippen LogP contribution in [0.4, 0.5) is 0 Å². The Morgan fingerprint density at radius 3 is 2.33 bits per heavy atom. The highest BCUT2D eigenvalue weighted by molar-refractivity contribution is 5.89. The molecule has 0 radical (unpaired) electrons. The van der Waals surface area contributed by atoms with Crippen LogP contribution in [0.2, 0.25) is 0 Å². The fourth-order valence-electron chi connectivity index (χ4n) is 1.57. The average Bonchev–Trinajstić information content (AvgIpc) is 2.38. The van der Waals surface area contributed by atoms with Gasteiger partial charge in [-0.25, -0.2) is 4.79 Å². The summed E-state index contributed by atoms with van der Waals surface area (Å²) in [7, 11) is 0. The minimum absolute atomic E-state index is 0.270. The van der Waals surface area contributed by atoms with Gasteiger partial charge in [0.05, 0.1) is 5.92 Å². The molecular weight excluding hydrogens is 230 g/mol. The van der Waals surface area contributed by atoms with Crippen molar-refractivity contribution in [3.8, 4) is 0 Å². The van der Waals surface area contributed by atoms with Crippen molar-refractivity contribution in [1.29, 1.82) is 0 Å². The van der Waals surface area contributed by atoms with Crippen LogP contribution in [0.25, 0.3) is 0 Å². The molecule has 1 aromatic rings. The third-order valence-corrected chi connectivity index (χ3v) is 3.27. The highest BCUT2D eigenvalue weighted by Gasteiger charge is 2.34. The molecule has 0 aliphatic carbocycles. The number of nitrogens with one attached hydrogen (secondary N) is 1. The zero-order chi connectivity index (χ0) is 13.8. The van der Waals surface area contributed by atoms with E-state index in [9.17, 15) is 9.59 Å². The van der Waals surface area contributed by atoms with Gasteiger partial charge in [-0.05, 0) is 25.8 Å². The van der Waals surface area contributed by atoms with Crippen molar-refractivity contribution < 1.29 is 14.7 Å². The fraction of sp³-hybridized carbons (Fsp3) is 0.429. The lowest BCUT2D eigenvalue weighted by molar-refractivity contribution is -0.147. The first-order valence-corrected chi connectivity index (χ1v) is 6.01. The maximum absolute atomic E-state index is 12.0. The van der Waals surface area contributed by atoms with Crippen LogP contribution in [0.5, 0.6) is 0 Å². The predicted octanol–water partition coefficient (Wildman–Crippen LogP) is 2.16. The van der Waals surface area contributed by atoms with Gasteiger partial charge in [-0.3, -0.25) is 4.79 Å². The highest BCUT2D eigenvalue weighted by atomic mass is 16.4. The smallest absolute Gasteiger partial charge is 0.329 e. The van der Waals surface area contributed by atoms with Gasteiger partial charge >= 0.3 is 5.97 Å². The first-order valence-electron chi connectivity index (χ1n) is 6.01. The lowest BCUT2D eigenvalue weighted by Crippen LogP contribution is -2.52. The molecule has 18 heavy (non-hydrogen) atoms. The summed E-state index contributed by atoms with van der Waals surface area (Å²) in [5.74, 6) is -1.65. The van der Waals surface area contributed by atoms with Gasteiger partial charge in [0.15, 0.2) is 0 Å². The molecule has 0 saturated carbocycles. The zero-order valence-corrected chi connectivity index (χ0v) is 10.9. The van der Waals surface area contributed by atoms with Crippen LogP contribution < -0.4 is 5.32 Å². The Bertz CT molecular complexity index is 430. The van der Waals surface area contributed by atoms with E-state index in [1.165, 1.54) is 6.92 Å². The van der Waals surface area contributed by atoms with Crippen molar-refractivity contribution in [2.75, 3.05) is 0 Å².